The smallest absolute Gasteiger partial charge is 0.272 e. The number of nitrogens with zero attached hydrogens (tertiary/aromatic N) is 2. The van der Waals surface area contributed by atoms with E-state index in [9.17, 15) is 4.79 Å². The van der Waals surface area contributed by atoms with Crippen LogP contribution in [0.5, 0.6) is 5.75 Å². The zero-order valence-electron chi connectivity index (χ0n) is 14.2. The molecule has 1 N–H and O–H groups in total. The topological polar surface area (TPSA) is 63.6 Å². The number of ether oxygens (including phenoxy) is 1. The maximum absolute atomic E-state index is 12.5. The molecule has 0 spiro atoms. The molecule has 0 aliphatic heterocycles. The lowest BCUT2D eigenvalue weighted by Gasteiger charge is -2.06. The Kier molecular flexibility index (Phi) is 5.04. The highest BCUT2D eigenvalue weighted by Crippen LogP contribution is 2.18. The molecular weight excluding hydrogens is 314 g/mol. The Bertz CT molecular complexity index is 918. The molecule has 5 heteroatoms. The van der Waals surface area contributed by atoms with Crippen LogP contribution < -0.4 is 10.2 Å². The number of hydrazone groups is 1. The van der Waals surface area contributed by atoms with Crippen molar-refractivity contribution in [2.45, 2.75) is 13.8 Å². The molecule has 0 bridgehead atoms. The molecule has 0 aliphatic rings. The highest BCUT2D eigenvalue weighted by Gasteiger charge is 2.10. The minimum absolute atomic E-state index is 0.260. The minimum atomic E-state index is -0.260. The second kappa shape index (κ2) is 7.57. The van der Waals surface area contributed by atoms with Gasteiger partial charge in [0.2, 0.25) is 0 Å². The van der Waals surface area contributed by atoms with Crippen LogP contribution in [0.15, 0.2) is 59.7 Å². The molecule has 2 aromatic carbocycles. The molecular formula is C20H19N3O2. The van der Waals surface area contributed by atoms with E-state index >= 15 is 0 Å². The molecule has 0 unspecified atom stereocenters. The van der Waals surface area contributed by atoms with E-state index in [1.807, 2.05) is 62.4 Å². The predicted molar refractivity (Wildman–Crippen MR) is 99.2 cm³/mol. The second-order valence-electron chi connectivity index (χ2n) is 5.53. The number of para-hydroxylation sites is 1. The minimum Gasteiger partial charge on any atom is -0.494 e. The lowest BCUT2D eigenvalue weighted by atomic mass is 10.1. The predicted octanol–water partition coefficient (Wildman–Crippen LogP) is 3.71. The summed E-state index contributed by atoms with van der Waals surface area (Å²) < 4.78 is 5.39. The highest BCUT2D eigenvalue weighted by molar-refractivity contribution is 6.06. The van der Waals surface area contributed by atoms with Crippen molar-refractivity contribution < 1.29 is 9.53 Å². The van der Waals surface area contributed by atoms with Crippen LogP contribution in [0.3, 0.4) is 0 Å². The normalized spacial score (nSPS) is 11.0. The van der Waals surface area contributed by atoms with Gasteiger partial charge in [-0.25, -0.2) is 5.43 Å². The van der Waals surface area contributed by atoms with Crippen LogP contribution in [0.4, 0.5) is 0 Å². The summed E-state index contributed by atoms with van der Waals surface area (Å²) in [5.74, 6) is 0.548. The van der Waals surface area contributed by atoms with E-state index in [1.54, 1.807) is 12.3 Å². The van der Waals surface area contributed by atoms with Gasteiger partial charge in [0.05, 0.1) is 23.9 Å². The van der Waals surface area contributed by atoms with E-state index in [-0.39, 0.29) is 5.91 Å². The summed E-state index contributed by atoms with van der Waals surface area (Å²) in [4.78, 5) is 16.9. The molecule has 0 saturated heterocycles. The van der Waals surface area contributed by atoms with Gasteiger partial charge < -0.3 is 4.74 Å². The Hall–Kier alpha value is -3.21. The van der Waals surface area contributed by atoms with Crippen LogP contribution in [-0.4, -0.2) is 23.7 Å². The van der Waals surface area contributed by atoms with E-state index in [4.69, 9.17) is 4.74 Å². The fourth-order valence-corrected chi connectivity index (χ4v) is 2.54. The summed E-state index contributed by atoms with van der Waals surface area (Å²) in [5, 5.41) is 4.85. The number of fused-ring (bicyclic) bond motifs is 1. The van der Waals surface area contributed by atoms with E-state index < -0.39 is 0 Å². The molecule has 0 saturated carbocycles. The average Bonchev–Trinajstić information content (AvgIpc) is 2.62. The molecule has 0 fully saturated rings. The lowest BCUT2D eigenvalue weighted by molar-refractivity contribution is 0.0956. The van der Waals surface area contributed by atoms with Gasteiger partial charge in [-0.05, 0) is 55.8 Å². The van der Waals surface area contributed by atoms with Crippen molar-refractivity contribution in [3.05, 3.63) is 71.4 Å². The summed E-state index contributed by atoms with van der Waals surface area (Å²) in [5.41, 5.74) is 5.60. The van der Waals surface area contributed by atoms with Gasteiger partial charge in [-0.3, -0.25) is 9.78 Å². The van der Waals surface area contributed by atoms with Crippen LogP contribution in [0, 0.1) is 6.92 Å². The number of carbonyl (C=O) groups is 1. The van der Waals surface area contributed by atoms with Gasteiger partial charge in [-0.15, -0.1) is 0 Å². The number of aryl methyl sites for hydroxylation is 1. The molecule has 1 heterocycles. The van der Waals surface area contributed by atoms with Crippen LogP contribution in [0.1, 0.15) is 28.5 Å². The first kappa shape index (κ1) is 16.6. The summed E-state index contributed by atoms with van der Waals surface area (Å²) in [7, 11) is 0. The number of carbonyl (C=O) groups excluding carboxylic acids is 1. The third kappa shape index (κ3) is 4.01. The third-order valence-electron chi connectivity index (χ3n) is 3.66. The second-order valence-corrected chi connectivity index (χ2v) is 5.53. The maximum atomic E-state index is 12.5. The Labute approximate surface area is 146 Å². The Morgan fingerprint density at radius 2 is 1.96 bits per heavy atom. The number of aromatic nitrogens is 1. The molecule has 0 aliphatic carbocycles. The lowest BCUT2D eigenvalue weighted by Crippen LogP contribution is -2.18. The van der Waals surface area contributed by atoms with Crippen molar-refractivity contribution in [2.24, 2.45) is 5.10 Å². The molecule has 1 aromatic heterocycles. The van der Waals surface area contributed by atoms with Crippen LogP contribution in [0.25, 0.3) is 10.9 Å². The van der Waals surface area contributed by atoms with Crippen molar-refractivity contribution in [1.29, 1.82) is 0 Å². The number of amides is 1. The number of benzene rings is 2. The van der Waals surface area contributed by atoms with Gasteiger partial charge >= 0.3 is 0 Å². The maximum Gasteiger partial charge on any atom is 0.272 e. The number of hydrogen-bond donors (Lipinski definition) is 1. The fraction of sp³-hybridized carbons (Fsp3) is 0.150. The SMILES string of the molecule is CCOc1ccc(C=NNC(=O)c2cc(C)nc3ccccc23)cc1. The largest absolute Gasteiger partial charge is 0.494 e. The summed E-state index contributed by atoms with van der Waals surface area (Å²) in [6.45, 7) is 4.44. The molecule has 0 radical (unpaired) electrons. The number of rotatable bonds is 5. The van der Waals surface area contributed by atoms with E-state index in [1.165, 1.54) is 0 Å². The van der Waals surface area contributed by atoms with Crippen molar-refractivity contribution >= 4 is 23.0 Å². The van der Waals surface area contributed by atoms with Gasteiger partial charge in [-0.1, -0.05) is 18.2 Å². The van der Waals surface area contributed by atoms with E-state index in [0.717, 1.165) is 27.9 Å². The Balaban J connectivity index is 1.74. The molecule has 126 valence electrons. The molecule has 5 nitrogen and oxygen atoms in total. The zero-order chi connectivity index (χ0) is 17.6. The van der Waals surface area contributed by atoms with E-state index in [0.29, 0.717) is 12.2 Å². The van der Waals surface area contributed by atoms with Crippen LogP contribution in [-0.2, 0) is 0 Å². The quantitative estimate of drug-likeness (QED) is 0.572. The summed E-state index contributed by atoms with van der Waals surface area (Å²) in [6.07, 6.45) is 1.60. The Morgan fingerprint density at radius 1 is 1.20 bits per heavy atom. The molecule has 3 aromatic rings. The molecule has 25 heavy (non-hydrogen) atoms. The highest BCUT2D eigenvalue weighted by atomic mass is 16.5. The van der Waals surface area contributed by atoms with Gasteiger partial charge in [0, 0.05) is 11.1 Å². The molecule has 3 rings (SSSR count). The van der Waals surface area contributed by atoms with E-state index in [2.05, 4.69) is 15.5 Å². The zero-order valence-corrected chi connectivity index (χ0v) is 14.2. The van der Waals surface area contributed by atoms with Crippen LogP contribution >= 0.6 is 0 Å². The van der Waals surface area contributed by atoms with Crippen LogP contribution in [0.2, 0.25) is 0 Å². The molecule has 1 amide bonds. The third-order valence-corrected chi connectivity index (χ3v) is 3.66. The van der Waals surface area contributed by atoms with Crippen molar-refractivity contribution in [3.8, 4) is 5.75 Å². The first-order valence-corrected chi connectivity index (χ1v) is 8.10. The van der Waals surface area contributed by atoms with Crippen molar-refractivity contribution in [1.82, 2.24) is 10.4 Å². The first-order chi connectivity index (χ1) is 12.2. The van der Waals surface area contributed by atoms with Crippen molar-refractivity contribution in [2.75, 3.05) is 6.61 Å². The number of pyridine rings is 1. The van der Waals surface area contributed by atoms with Gasteiger partial charge in [-0.2, -0.15) is 5.10 Å². The number of nitrogens with one attached hydrogen (secondary N) is 1. The average molecular weight is 333 g/mol. The summed E-state index contributed by atoms with van der Waals surface area (Å²) >= 11 is 0. The number of hydrogen-bond acceptors (Lipinski definition) is 4. The van der Waals surface area contributed by atoms with Gasteiger partial charge in [0.25, 0.3) is 5.91 Å². The fourth-order valence-electron chi connectivity index (χ4n) is 2.54. The van der Waals surface area contributed by atoms with Gasteiger partial charge in [0.1, 0.15) is 5.75 Å². The standard InChI is InChI=1S/C20H19N3O2/c1-3-25-16-10-8-15(9-11-16)13-21-23-20(24)18-12-14(2)22-19-7-5-4-6-17(18)19/h4-13H,3H2,1-2H3,(H,23,24). The first-order valence-electron chi connectivity index (χ1n) is 8.10. The monoisotopic (exact) mass is 333 g/mol. The van der Waals surface area contributed by atoms with Gasteiger partial charge in [0.15, 0.2) is 0 Å². The van der Waals surface area contributed by atoms with Crippen molar-refractivity contribution in [3.63, 3.8) is 0 Å². The molecule has 0 atom stereocenters. The summed E-state index contributed by atoms with van der Waals surface area (Å²) in [6, 6.07) is 16.8. The Morgan fingerprint density at radius 3 is 2.72 bits per heavy atom.